The first kappa shape index (κ1) is 76.0. The molecule has 6 aromatic heterocycles. The Kier molecular flexibility index (Phi) is 21.0. The highest BCUT2D eigenvalue weighted by atomic mass is 35.5. The highest BCUT2D eigenvalue weighted by Crippen LogP contribution is 2.47. The predicted octanol–water partition coefficient (Wildman–Crippen LogP) is 26.4. The van der Waals surface area contributed by atoms with Crippen molar-refractivity contribution < 1.29 is 9.31 Å². The summed E-state index contributed by atoms with van der Waals surface area (Å²) in [7, 11) is -0.441. The van der Waals surface area contributed by atoms with E-state index in [4.69, 9.17) is 60.8 Å². The molecule has 20 aromatic rings. The van der Waals surface area contributed by atoms with Gasteiger partial charge >= 0.3 is 7.12 Å². The van der Waals surface area contributed by atoms with E-state index in [-0.39, 0.29) is 5.28 Å². The SMILES string of the molecule is CC1(C)OB(c2ccc(-c3ccc(-c4nc(-c5ccccc5)nc(-c5ccccc5)n4)cc3)c3sc4ccccc4c23)OC1(C)C.Clc1nc(-c2ccccc2)cc(-c2ccccc2)n1.c1ccc(-c2cc(-c3ccccc3)nc(-c3ccc(-c4ccc(-c5nc(-c6ccccc6)nc(-c6ccccc6)n5)cc4)c4sc5ccccc5c34)n2)cc1. The lowest BCUT2D eigenvalue weighted by molar-refractivity contribution is 0.00578. The van der Waals surface area contributed by atoms with Crippen molar-refractivity contribution in [3.05, 3.63) is 381 Å². The predicted molar refractivity (Wildman–Crippen MR) is 494 cm³/mol. The van der Waals surface area contributed by atoms with Crippen LogP contribution in [0.15, 0.2) is 376 Å². The van der Waals surface area contributed by atoms with Crippen LogP contribution in [0.4, 0.5) is 0 Å². The van der Waals surface area contributed by atoms with Crippen LogP contribution < -0.4 is 5.46 Å². The second kappa shape index (κ2) is 33.2. The topological polar surface area (TPSA) is 147 Å². The second-order valence-corrected chi connectivity index (χ2v) is 32.6. The molecule has 0 amide bonds. The Balaban J connectivity index is 0.000000132. The molecule has 0 saturated carbocycles. The van der Waals surface area contributed by atoms with Gasteiger partial charge in [-0.05, 0) is 103 Å². The van der Waals surface area contributed by atoms with Crippen LogP contribution in [0.25, 0.3) is 187 Å². The highest BCUT2D eigenvalue weighted by molar-refractivity contribution is 7.27. The fourth-order valence-electron chi connectivity index (χ4n) is 15.0. The molecule has 0 spiro atoms. The fraction of sp³-hybridized carbons (Fsp3) is 0.0577. The van der Waals surface area contributed by atoms with Crippen molar-refractivity contribution >= 4 is 87.2 Å². The molecule has 0 aliphatic carbocycles. The Morgan fingerprint density at radius 1 is 0.242 bits per heavy atom. The summed E-state index contributed by atoms with van der Waals surface area (Å²) in [5.41, 5.74) is 19.1. The summed E-state index contributed by atoms with van der Waals surface area (Å²) >= 11 is 9.64. The molecule has 12 nitrogen and oxygen atoms in total. The van der Waals surface area contributed by atoms with Crippen molar-refractivity contribution in [2.45, 2.75) is 38.9 Å². The van der Waals surface area contributed by atoms with Crippen molar-refractivity contribution in [3.8, 4) is 147 Å². The van der Waals surface area contributed by atoms with Gasteiger partial charge in [0.2, 0.25) is 5.28 Å². The minimum Gasteiger partial charge on any atom is -0.399 e. The maximum absolute atomic E-state index is 6.53. The number of hydrogen-bond acceptors (Lipinski definition) is 14. The largest absolute Gasteiger partial charge is 0.495 e. The lowest BCUT2D eigenvalue weighted by atomic mass is 9.75. The molecule has 16 heteroatoms. The molecule has 574 valence electrons. The third-order valence-corrected chi connectivity index (χ3v) is 24.4. The maximum Gasteiger partial charge on any atom is 0.495 e. The Morgan fingerprint density at radius 2 is 0.500 bits per heavy atom. The molecule has 0 unspecified atom stereocenters. The van der Waals surface area contributed by atoms with Crippen molar-refractivity contribution in [2.75, 3.05) is 0 Å². The normalized spacial score (nSPS) is 12.8. The third kappa shape index (κ3) is 15.7. The van der Waals surface area contributed by atoms with Gasteiger partial charge in [-0.1, -0.05) is 346 Å². The summed E-state index contributed by atoms with van der Waals surface area (Å²) in [6.07, 6.45) is 0. The van der Waals surface area contributed by atoms with Crippen LogP contribution in [0.3, 0.4) is 0 Å². The lowest BCUT2D eigenvalue weighted by Gasteiger charge is -2.32. The van der Waals surface area contributed by atoms with E-state index in [1.807, 2.05) is 212 Å². The summed E-state index contributed by atoms with van der Waals surface area (Å²) in [6, 6.07) is 128. The van der Waals surface area contributed by atoms with E-state index in [0.717, 1.165) is 112 Å². The molecule has 120 heavy (non-hydrogen) atoms. The lowest BCUT2D eigenvalue weighted by Crippen LogP contribution is -2.41. The molecule has 1 aliphatic heterocycles. The average Bonchev–Trinajstić information content (AvgIpc) is 1.58. The molecular formula is C104H74BClN10O2S2. The zero-order valence-electron chi connectivity index (χ0n) is 65.9. The van der Waals surface area contributed by atoms with Crippen LogP contribution in [-0.2, 0) is 9.31 Å². The van der Waals surface area contributed by atoms with Gasteiger partial charge in [0.25, 0.3) is 0 Å². The Bertz CT molecular complexity index is 6840. The summed E-state index contributed by atoms with van der Waals surface area (Å²) in [6.45, 7) is 8.40. The highest BCUT2D eigenvalue weighted by Gasteiger charge is 2.52. The first-order valence-electron chi connectivity index (χ1n) is 39.7. The van der Waals surface area contributed by atoms with E-state index >= 15 is 0 Å². The second-order valence-electron chi connectivity index (χ2n) is 30.1. The first-order chi connectivity index (χ1) is 58.8. The number of fused-ring (bicyclic) bond motifs is 6. The number of thiophene rings is 2. The van der Waals surface area contributed by atoms with Gasteiger partial charge in [-0.15, -0.1) is 22.7 Å². The van der Waals surface area contributed by atoms with E-state index in [2.05, 4.69) is 214 Å². The molecule has 0 bridgehead atoms. The molecular weight excluding hydrogens is 1530 g/mol. The number of aromatic nitrogens is 10. The maximum atomic E-state index is 6.53. The number of halogens is 1. The van der Waals surface area contributed by atoms with Gasteiger partial charge in [0, 0.05) is 96.2 Å². The number of nitrogens with zero attached hydrogens (tertiary/aromatic N) is 10. The smallest absolute Gasteiger partial charge is 0.399 e. The fourth-order valence-corrected chi connectivity index (χ4v) is 17.7. The summed E-state index contributed by atoms with van der Waals surface area (Å²) in [4.78, 5) is 48.4. The van der Waals surface area contributed by atoms with Gasteiger partial charge in [-0.3, -0.25) is 0 Å². The first-order valence-corrected chi connectivity index (χ1v) is 41.7. The van der Waals surface area contributed by atoms with Gasteiger partial charge in [0.1, 0.15) is 0 Å². The van der Waals surface area contributed by atoms with Crippen LogP contribution in [0.5, 0.6) is 0 Å². The van der Waals surface area contributed by atoms with Gasteiger partial charge in [-0.2, -0.15) is 0 Å². The van der Waals surface area contributed by atoms with E-state index in [1.54, 1.807) is 11.3 Å². The van der Waals surface area contributed by atoms with Crippen molar-refractivity contribution in [2.24, 2.45) is 0 Å². The van der Waals surface area contributed by atoms with E-state index < -0.39 is 18.3 Å². The molecule has 0 N–H and O–H groups in total. The van der Waals surface area contributed by atoms with Crippen LogP contribution in [-0.4, -0.2) is 68.2 Å². The molecule has 1 saturated heterocycles. The Labute approximate surface area is 708 Å². The van der Waals surface area contributed by atoms with Crippen molar-refractivity contribution in [1.82, 2.24) is 49.8 Å². The average molecular weight is 1610 g/mol. The van der Waals surface area contributed by atoms with Gasteiger partial charge in [0.15, 0.2) is 40.8 Å². The minimum atomic E-state index is -0.441. The number of hydrogen-bond donors (Lipinski definition) is 0. The van der Waals surface area contributed by atoms with Crippen molar-refractivity contribution in [3.63, 3.8) is 0 Å². The van der Waals surface area contributed by atoms with Gasteiger partial charge < -0.3 is 9.31 Å². The zero-order chi connectivity index (χ0) is 81.1. The molecule has 1 aliphatic rings. The molecule has 1 fully saturated rings. The number of rotatable bonds is 14. The summed E-state index contributed by atoms with van der Waals surface area (Å²) < 4.78 is 17.9. The molecule has 14 aromatic carbocycles. The Hall–Kier alpha value is -14.0. The molecule has 0 radical (unpaired) electrons. The standard InChI is InChI=1S/C49H31N5S.C39H32BN3O2S.C16H11ClN2/c1-5-15-33(16-6-1)41-31-42(34-17-7-2-8-18-34)51-49(50-41)40-30-29-38(45-44(40)39-23-13-14-24-43(39)55-45)32-25-27-37(28-26-32)48-53-46(35-19-9-3-10-20-35)52-47(54-48)36-21-11-4-12-22-36;1-38(2)39(3,4)45-40(44-38)31-24-23-29(34-33(31)30-17-11-12-18-32(30)46-34)25-19-21-28(22-20-25)37-42-35(26-13-7-5-8-14-26)41-36(43-37)27-15-9-6-10-16-27;17-16-18-14(12-7-3-1-4-8-12)11-15(19-16)13-9-5-2-6-10-13/h1-31H;5-24H,1-4H3;1-11H. The third-order valence-electron chi connectivity index (χ3n) is 21.8. The van der Waals surface area contributed by atoms with Gasteiger partial charge in [-0.25, -0.2) is 49.8 Å². The molecule has 0 atom stereocenters. The van der Waals surface area contributed by atoms with Crippen LogP contribution >= 0.6 is 34.3 Å². The molecule has 21 rings (SSSR count). The zero-order valence-corrected chi connectivity index (χ0v) is 68.2. The minimum absolute atomic E-state index is 0.264. The van der Waals surface area contributed by atoms with Crippen LogP contribution in [0.1, 0.15) is 27.7 Å². The van der Waals surface area contributed by atoms with Crippen LogP contribution in [0.2, 0.25) is 5.28 Å². The van der Waals surface area contributed by atoms with Gasteiger partial charge in [0.05, 0.1) is 34.0 Å². The molecule has 7 heterocycles. The van der Waals surface area contributed by atoms with E-state index in [9.17, 15) is 0 Å². The Morgan fingerprint density at radius 3 is 0.842 bits per heavy atom. The monoisotopic (exact) mass is 1600 g/mol. The van der Waals surface area contributed by atoms with E-state index in [1.165, 1.54) is 40.5 Å². The van der Waals surface area contributed by atoms with Crippen molar-refractivity contribution in [1.29, 1.82) is 0 Å². The van der Waals surface area contributed by atoms with E-state index in [0.29, 0.717) is 40.8 Å². The summed E-state index contributed by atoms with van der Waals surface area (Å²) in [5, 5.41) is 5.03. The quantitative estimate of drug-likeness (QED) is 0.0754. The summed E-state index contributed by atoms with van der Waals surface area (Å²) in [5.74, 6) is 4.57. The van der Waals surface area contributed by atoms with Crippen LogP contribution in [0, 0.1) is 0 Å². The number of benzene rings is 14.